The Hall–Kier alpha value is -3.37. The van der Waals surface area contributed by atoms with Gasteiger partial charge in [-0.3, -0.25) is 9.59 Å². The zero-order valence-electron chi connectivity index (χ0n) is 17.2. The number of carbonyl (C=O) groups excluding carboxylic acids is 2. The largest absolute Gasteiger partial charge is 0.368 e. The molecule has 10 heteroatoms. The molecule has 2 aromatic carbocycles. The Kier molecular flexibility index (Phi) is 7.03. The molecule has 0 saturated carbocycles. The summed E-state index contributed by atoms with van der Waals surface area (Å²) in [6.07, 6.45) is 0. The number of benzene rings is 2. The van der Waals surface area contributed by atoms with E-state index in [1.165, 1.54) is 18.2 Å². The quantitative estimate of drug-likeness (QED) is 0.590. The van der Waals surface area contributed by atoms with Crippen LogP contribution in [-0.4, -0.2) is 59.7 Å². The fourth-order valence-corrected chi connectivity index (χ4v) is 4.00. The van der Waals surface area contributed by atoms with Crippen molar-refractivity contribution in [2.24, 2.45) is 0 Å². The Morgan fingerprint density at radius 3 is 2.56 bits per heavy atom. The van der Waals surface area contributed by atoms with Gasteiger partial charge in [-0.1, -0.05) is 35.6 Å². The lowest BCUT2D eigenvalue weighted by Gasteiger charge is -2.36. The third-order valence-electron chi connectivity index (χ3n) is 4.95. The van der Waals surface area contributed by atoms with Gasteiger partial charge in [0.1, 0.15) is 24.0 Å². The van der Waals surface area contributed by atoms with Gasteiger partial charge in [-0.2, -0.15) is 0 Å². The monoisotopic (exact) mass is 455 g/mol. The van der Waals surface area contributed by atoms with Crippen LogP contribution in [0.3, 0.4) is 0 Å². The second-order valence-corrected chi connectivity index (χ2v) is 8.22. The molecule has 0 spiro atoms. The average molecular weight is 456 g/mol. The second kappa shape index (κ2) is 10.3. The third-order valence-corrected chi connectivity index (χ3v) is 5.84. The molecule has 1 aliphatic rings. The van der Waals surface area contributed by atoms with Crippen LogP contribution in [0, 0.1) is 5.82 Å². The van der Waals surface area contributed by atoms with Crippen LogP contribution in [-0.2, 0) is 16.1 Å². The topological polar surface area (TPSA) is 87.7 Å². The van der Waals surface area contributed by atoms with E-state index in [2.05, 4.69) is 32.5 Å². The van der Waals surface area contributed by atoms with Crippen molar-refractivity contribution >= 4 is 34.5 Å². The van der Waals surface area contributed by atoms with Gasteiger partial charge in [0.2, 0.25) is 10.9 Å². The van der Waals surface area contributed by atoms with E-state index in [1.807, 2.05) is 18.2 Å². The van der Waals surface area contributed by atoms with E-state index in [4.69, 9.17) is 4.74 Å². The zero-order chi connectivity index (χ0) is 22.3. The summed E-state index contributed by atoms with van der Waals surface area (Å²) in [6.45, 7) is 2.85. The minimum Gasteiger partial charge on any atom is -0.368 e. The summed E-state index contributed by atoms with van der Waals surface area (Å²) in [5.41, 5.74) is 1.49. The molecule has 0 radical (unpaired) electrons. The standard InChI is InChI=1S/C22H22FN5O3S/c23-16-5-4-6-17(13-16)24-21(30)22-26-25-19(32-22)14-31-15-20(29)28-11-9-27(10-12-28)18-7-2-1-3-8-18/h1-8,13H,9-12,14-15H2,(H,24,30). The first-order valence-corrected chi connectivity index (χ1v) is 10.9. The molecule has 2 heterocycles. The lowest BCUT2D eigenvalue weighted by molar-refractivity contribution is -0.136. The zero-order valence-corrected chi connectivity index (χ0v) is 18.1. The van der Waals surface area contributed by atoms with E-state index in [0.717, 1.165) is 30.1 Å². The number of para-hydroxylation sites is 1. The van der Waals surface area contributed by atoms with E-state index >= 15 is 0 Å². The predicted molar refractivity (Wildman–Crippen MR) is 119 cm³/mol. The van der Waals surface area contributed by atoms with Crippen molar-refractivity contribution in [3.8, 4) is 0 Å². The molecule has 1 fully saturated rings. The van der Waals surface area contributed by atoms with Gasteiger partial charge in [0, 0.05) is 37.6 Å². The summed E-state index contributed by atoms with van der Waals surface area (Å²) < 4.78 is 18.7. The highest BCUT2D eigenvalue weighted by Crippen LogP contribution is 2.17. The first-order chi connectivity index (χ1) is 15.6. The van der Waals surface area contributed by atoms with Crippen molar-refractivity contribution in [2.75, 3.05) is 43.0 Å². The molecule has 0 atom stereocenters. The molecule has 1 saturated heterocycles. The second-order valence-electron chi connectivity index (χ2n) is 7.16. The Morgan fingerprint density at radius 2 is 1.81 bits per heavy atom. The van der Waals surface area contributed by atoms with Gasteiger partial charge in [-0.15, -0.1) is 10.2 Å². The summed E-state index contributed by atoms with van der Waals surface area (Å²) in [7, 11) is 0. The molecule has 1 aromatic heterocycles. The molecule has 0 aliphatic carbocycles. The first-order valence-electron chi connectivity index (χ1n) is 10.1. The number of aromatic nitrogens is 2. The van der Waals surface area contributed by atoms with Crippen LogP contribution in [0.5, 0.6) is 0 Å². The fraction of sp³-hybridized carbons (Fsp3) is 0.273. The van der Waals surface area contributed by atoms with Gasteiger partial charge in [-0.05, 0) is 30.3 Å². The molecular weight excluding hydrogens is 433 g/mol. The molecule has 4 rings (SSSR count). The maximum Gasteiger partial charge on any atom is 0.286 e. The number of halogens is 1. The molecule has 1 N–H and O–H groups in total. The van der Waals surface area contributed by atoms with Gasteiger partial charge in [0.25, 0.3) is 5.91 Å². The molecule has 8 nitrogen and oxygen atoms in total. The van der Waals surface area contributed by atoms with Crippen molar-refractivity contribution in [3.05, 3.63) is 70.4 Å². The van der Waals surface area contributed by atoms with Crippen LogP contribution >= 0.6 is 11.3 Å². The highest BCUT2D eigenvalue weighted by atomic mass is 32.1. The lowest BCUT2D eigenvalue weighted by atomic mass is 10.2. The van der Waals surface area contributed by atoms with Crippen LogP contribution < -0.4 is 10.2 Å². The van der Waals surface area contributed by atoms with Crippen LogP contribution in [0.15, 0.2) is 54.6 Å². The van der Waals surface area contributed by atoms with Crippen LogP contribution in [0.1, 0.15) is 14.8 Å². The molecule has 32 heavy (non-hydrogen) atoms. The molecule has 3 aromatic rings. The van der Waals surface area contributed by atoms with E-state index < -0.39 is 11.7 Å². The van der Waals surface area contributed by atoms with Crippen molar-refractivity contribution in [3.63, 3.8) is 0 Å². The predicted octanol–water partition coefficient (Wildman–Crippen LogP) is 2.79. The van der Waals surface area contributed by atoms with Gasteiger partial charge in [0.05, 0.1) is 0 Å². The van der Waals surface area contributed by atoms with Crippen molar-refractivity contribution in [2.45, 2.75) is 6.61 Å². The van der Waals surface area contributed by atoms with Crippen molar-refractivity contribution in [1.29, 1.82) is 0 Å². The van der Waals surface area contributed by atoms with Crippen LogP contribution in [0.2, 0.25) is 0 Å². The SMILES string of the molecule is O=C(Nc1cccc(F)c1)c1nnc(COCC(=O)N2CCN(c3ccccc3)CC2)s1. The van der Waals surface area contributed by atoms with Crippen molar-refractivity contribution in [1.82, 2.24) is 15.1 Å². The Labute approximate surface area is 188 Å². The fourth-order valence-electron chi connectivity index (χ4n) is 3.32. The number of rotatable bonds is 7. The highest BCUT2D eigenvalue weighted by Gasteiger charge is 2.21. The van der Waals surface area contributed by atoms with Gasteiger partial charge >= 0.3 is 0 Å². The first kappa shape index (κ1) is 21.8. The summed E-state index contributed by atoms with van der Waals surface area (Å²) in [4.78, 5) is 28.7. The van der Waals surface area contributed by atoms with Gasteiger partial charge in [0.15, 0.2) is 0 Å². The number of nitrogens with one attached hydrogen (secondary N) is 1. The van der Waals surface area contributed by atoms with E-state index in [0.29, 0.717) is 23.8 Å². The highest BCUT2D eigenvalue weighted by molar-refractivity contribution is 7.13. The number of hydrogen-bond acceptors (Lipinski definition) is 7. The summed E-state index contributed by atoms with van der Waals surface area (Å²) >= 11 is 1.07. The Balaban J connectivity index is 1.20. The van der Waals surface area contributed by atoms with E-state index in [9.17, 15) is 14.0 Å². The number of carbonyl (C=O) groups is 2. The molecule has 0 unspecified atom stereocenters. The average Bonchev–Trinajstić information content (AvgIpc) is 3.29. The third kappa shape index (κ3) is 5.65. The van der Waals surface area contributed by atoms with Gasteiger partial charge < -0.3 is 19.9 Å². The molecule has 2 amide bonds. The van der Waals surface area contributed by atoms with Gasteiger partial charge in [-0.25, -0.2) is 4.39 Å². The smallest absolute Gasteiger partial charge is 0.286 e. The van der Waals surface area contributed by atoms with E-state index in [-0.39, 0.29) is 24.1 Å². The van der Waals surface area contributed by atoms with Crippen LogP contribution in [0.4, 0.5) is 15.8 Å². The molecule has 166 valence electrons. The number of hydrogen-bond donors (Lipinski definition) is 1. The number of amides is 2. The summed E-state index contributed by atoms with van der Waals surface area (Å²) in [5.74, 6) is -1.00. The number of anilines is 2. The molecule has 1 aliphatic heterocycles. The minimum absolute atomic E-state index is 0.0598. The maximum absolute atomic E-state index is 13.2. The molecule has 0 bridgehead atoms. The summed E-state index contributed by atoms with van der Waals surface area (Å²) in [5, 5.41) is 11.0. The summed E-state index contributed by atoms with van der Waals surface area (Å²) in [6, 6.07) is 15.7. The Morgan fingerprint density at radius 1 is 1.03 bits per heavy atom. The normalized spacial score (nSPS) is 13.8. The Bertz CT molecular complexity index is 1070. The van der Waals surface area contributed by atoms with E-state index in [1.54, 1.807) is 11.0 Å². The molecular formula is C22H22FN5O3S. The minimum atomic E-state index is -0.480. The lowest BCUT2D eigenvalue weighted by Crippen LogP contribution is -2.49. The van der Waals surface area contributed by atoms with Crippen molar-refractivity contribution < 1.29 is 18.7 Å². The number of nitrogens with zero attached hydrogens (tertiary/aromatic N) is 4. The number of ether oxygens (including phenoxy) is 1. The maximum atomic E-state index is 13.2. The number of piperazine rings is 1. The van der Waals surface area contributed by atoms with Crippen LogP contribution in [0.25, 0.3) is 0 Å².